The summed E-state index contributed by atoms with van der Waals surface area (Å²) in [6.45, 7) is 9.58. The number of nitrogens with one attached hydrogen (secondary N) is 1. The van der Waals surface area contributed by atoms with Gasteiger partial charge in [-0.2, -0.15) is 0 Å². The second-order valence-electron chi connectivity index (χ2n) is 9.27. The van der Waals surface area contributed by atoms with E-state index in [2.05, 4.69) is 5.32 Å². The van der Waals surface area contributed by atoms with Gasteiger partial charge in [0.25, 0.3) is 0 Å². The van der Waals surface area contributed by atoms with Gasteiger partial charge in [0, 0.05) is 13.1 Å². The minimum absolute atomic E-state index is 0.166. The Hall–Kier alpha value is -3.07. The normalized spacial score (nSPS) is 12.2. The third kappa shape index (κ3) is 7.99. The third-order valence-electron chi connectivity index (χ3n) is 5.57. The van der Waals surface area contributed by atoms with Crippen molar-refractivity contribution in [1.29, 1.82) is 0 Å². The molecule has 0 aliphatic rings. The minimum Gasteiger partial charge on any atom is -0.495 e. The van der Waals surface area contributed by atoms with Crippen LogP contribution in [0.3, 0.4) is 0 Å². The smallest absolute Gasteiger partial charge is 0.244 e. The highest BCUT2D eigenvalue weighted by Crippen LogP contribution is 2.31. The molecule has 0 aliphatic heterocycles. The van der Waals surface area contributed by atoms with Crippen molar-refractivity contribution in [3.63, 3.8) is 0 Å². The second-order valence-corrected chi connectivity index (χ2v) is 11.2. The molecule has 1 N–H and O–H groups in total. The lowest BCUT2D eigenvalue weighted by Gasteiger charge is -2.32. The van der Waals surface area contributed by atoms with Crippen molar-refractivity contribution >= 4 is 27.5 Å². The molecule has 192 valence electrons. The number of sulfonamides is 1. The van der Waals surface area contributed by atoms with Gasteiger partial charge in [-0.25, -0.2) is 8.42 Å². The molecule has 0 radical (unpaired) electrons. The van der Waals surface area contributed by atoms with Crippen LogP contribution in [-0.2, 0) is 26.2 Å². The van der Waals surface area contributed by atoms with Crippen molar-refractivity contribution in [2.45, 2.75) is 47.2 Å². The Labute approximate surface area is 209 Å². The van der Waals surface area contributed by atoms with E-state index in [9.17, 15) is 18.0 Å². The van der Waals surface area contributed by atoms with E-state index >= 15 is 0 Å². The van der Waals surface area contributed by atoms with Crippen LogP contribution >= 0.6 is 0 Å². The lowest BCUT2D eigenvalue weighted by Crippen LogP contribution is -2.51. The number of carbonyl (C=O) groups is 2. The van der Waals surface area contributed by atoms with Crippen molar-refractivity contribution in [3.8, 4) is 5.75 Å². The predicted octanol–water partition coefficient (Wildman–Crippen LogP) is 3.27. The van der Waals surface area contributed by atoms with Crippen LogP contribution in [-0.4, -0.2) is 57.6 Å². The summed E-state index contributed by atoms with van der Waals surface area (Å²) in [5.74, 6) is -0.199. The first-order chi connectivity index (χ1) is 16.3. The van der Waals surface area contributed by atoms with E-state index in [0.717, 1.165) is 27.3 Å². The van der Waals surface area contributed by atoms with Crippen molar-refractivity contribution < 1.29 is 22.7 Å². The number of amides is 2. The molecular weight excluding hydrogens is 466 g/mol. The molecule has 0 aliphatic carbocycles. The molecule has 0 fully saturated rings. The molecular formula is C26H37N3O5S. The van der Waals surface area contributed by atoms with E-state index in [1.165, 1.54) is 12.0 Å². The first-order valence-corrected chi connectivity index (χ1v) is 13.4. The number of carbonyl (C=O) groups excluding carboxylic acids is 2. The fourth-order valence-corrected chi connectivity index (χ4v) is 4.48. The van der Waals surface area contributed by atoms with E-state index in [1.807, 2.05) is 52.0 Å². The lowest BCUT2D eigenvalue weighted by molar-refractivity contribution is -0.139. The predicted molar refractivity (Wildman–Crippen MR) is 139 cm³/mol. The first kappa shape index (κ1) is 28.2. The standard InChI is InChI=1S/C26H37N3O5S/c1-18(2)15-27-26(31)21(5)28(16-22-10-8-9-19(3)13-22)25(30)17-29(35(7,32)33)23-14-20(4)11-12-24(23)34-6/h8-14,18,21H,15-17H2,1-7H3,(H,27,31)/t21-/m0/s1. The van der Waals surface area contributed by atoms with Crippen LogP contribution in [0.4, 0.5) is 5.69 Å². The maximum absolute atomic E-state index is 13.6. The van der Waals surface area contributed by atoms with Crippen LogP contribution in [0.5, 0.6) is 5.75 Å². The first-order valence-electron chi connectivity index (χ1n) is 11.6. The van der Waals surface area contributed by atoms with Gasteiger partial charge in [0.05, 0.1) is 19.1 Å². The van der Waals surface area contributed by atoms with Gasteiger partial charge in [-0.3, -0.25) is 13.9 Å². The van der Waals surface area contributed by atoms with Crippen LogP contribution in [0.1, 0.15) is 37.5 Å². The fraction of sp³-hybridized carbons (Fsp3) is 0.462. The van der Waals surface area contributed by atoms with Crippen molar-refractivity contribution in [1.82, 2.24) is 10.2 Å². The van der Waals surface area contributed by atoms with Crippen LogP contribution < -0.4 is 14.4 Å². The van der Waals surface area contributed by atoms with Gasteiger partial charge in [-0.05, 0) is 49.9 Å². The van der Waals surface area contributed by atoms with Gasteiger partial charge in [0.15, 0.2) is 0 Å². The highest BCUT2D eigenvalue weighted by atomic mass is 32.2. The molecule has 0 unspecified atom stereocenters. The van der Waals surface area contributed by atoms with Crippen LogP contribution in [0, 0.1) is 19.8 Å². The Bertz CT molecular complexity index is 1150. The van der Waals surface area contributed by atoms with Gasteiger partial charge in [-0.15, -0.1) is 0 Å². The van der Waals surface area contributed by atoms with Gasteiger partial charge >= 0.3 is 0 Å². The summed E-state index contributed by atoms with van der Waals surface area (Å²) in [5.41, 5.74) is 2.96. The maximum Gasteiger partial charge on any atom is 0.244 e. The molecule has 1 atom stereocenters. The second kappa shape index (κ2) is 12.1. The number of rotatable bonds is 11. The lowest BCUT2D eigenvalue weighted by atomic mass is 10.1. The molecule has 0 aromatic heterocycles. The fourth-order valence-electron chi connectivity index (χ4n) is 3.63. The molecule has 0 bridgehead atoms. The van der Waals surface area contributed by atoms with E-state index in [4.69, 9.17) is 4.74 Å². The van der Waals surface area contributed by atoms with E-state index in [1.54, 1.807) is 25.1 Å². The van der Waals surface area contributed by atoms with Gasteiger partial charge < -0.3 is 15.0 Å². The summed E-state index contributed by atoms with van der Waals surface area (Å²) in [7, 11) is -2.39. The quantitative estimate of drug-likeness (QED) is 0.508. The zero-order valence-electron chi connectivity index (χ0n) is 21.7. The number of hydrogen-bond acceptors (Lipinski definition) is 5. The maximum atomic E-state index is 13.6. The molecule has 0 saturated heterocycles. The Morgan fingerprint density at radius 1 is 1.03 bits per heavy atom. The zero-order valence-corrected chi connectivity index (χ0v) is 22.5. The zero-order chi connectivity index (χ0) is 26.3. The molecule has 0 spiro atoms. The van der Waals surface area contributed by atoms with Crippen LogP contribution in [0.2, 0.25) is 0 Å². The average Bonchev–Trinajstić information content (AvgIpc) is 2.78. The van der Waals surface area contributed by atoms with Crippen molar-refractivity contribution in [2.24, 2.45) is 5.92 Å². The largest absolute Gasteiger partial charge is 0.495 e. The highest BCUT2D eigenvalue weighted by molar-refractivity contribution is 7.92. The number of hydrogen-bond donors (Lipinski definition) is 1. The van der Waals surface area contributed by atoms with Gasteiger partial charge in [-0.1, -0.05) is 49.7 Å². The minimum atomic E-state index is -3.84. The number of benzene rings is 2. The van der Waals surface area contributed by atoms with E-state index < -0.39 is 28.5 Å². The summed E-state index contributed by atoms with van der Waals surface area (Å²) < 4.78 is 32.0. The summed E-state index contributed by atoms with van der Waals surface area (Å²) in [5, 5.41) is 2.87. The van der Waals surface area contributed by atoms with Crippen LogP contribution in [0.25, 0.3) is 0 Å². The highest BCUT2D eigenvalue weighted by Gasteiger charge is 2.31. The topological polar surface area (TPSA) is 96.0 Å². The molecule has 9 heteroatoms. The van der Waals surface area contributed by atoms with Crippen molar-refractivity contribution in [2.75, 3.05) is 30.8 Å². The molecule has 2 aromatic rings. The average molecular weight is 504 g/mol. The van der Waals surface area contributed by atoms with Gasteiger partial charge in [0.1, 0.15) is 18.3 Å². The molecule has 35 heavy (non-hydrogen) atoms. The Balaban J connectivity index is 2.44. The third-order valence-corrected chi connectivity index (χ3v) is 6.70. The molecule has 2 rings (SSSR count). The van der Waals surface area contributed by atoms with Gasteiger partial charge in [0.2, 0.25) is 21.8 Å². The monoisotopic (exact) mass is 503 g/mol. The SMILES string of the molecule is COc1ccc(C)cc1N(CC(=O)N(Cc1cccc(C)c1)[C@@H](C)C(=O)NCC(C)C)S(C)(=O)=O. The molecule has 0 heterocycles. The van der Waals surface area contributed by atoms with Crippen molar-refractivity contribution in [3.05, 3.63) is 59.2 Å². The van der Waals surface area contributed by atoms with Crippen LogP contribution in [0.15, 0.2) is 42.5 Å². The molecule has 0 saturated carbocycles. The summed E-state index contributed by atoms with van der Waals surface area (Å²) in [4.78, 5) is 27.9. The van der Waals surface area contributed by atoms with E-state index in [-0.39, 0.29) is 24.1 Å². The summed E-state index contributed by atoms with van der Waals surface area (Å²) >= 11 is 0. The number of methoxy groups -OCH3 is 1. The summed E-state index contributed by atoms with van der Waals surface area (Å²) in [6, 6.07) is 12.0. The molecule has 2 aromatic carbocycles. The number of anilines is 1. The van der Waals surface area contributed by atoms with E-state index in [0.29, 0.717) is 12.3 Å². The number of nitrogens with zero attached hydrogens (tertiary/aromatic N) is 2. The number of ether oxygens (including phenoxy) is 1. The number of aryl methyl sites for hydroxylation is 2. The Morgan fingerprint density at radius 3 is 2.26 bits per heavy atom. The molecule has 2 amide bonds. The Morgan fingerprint density at radius 2 is 1.69 bits per heavy atom. The molecule has 8 nitrogen and oxygen atoms in total. The Kier molecular flexibility index (Phi) is 9.71. The summed E-state index contributed by atoms with van der Waals surface area (Å²) in [6.07, 6.45) is 1.05.